The number of Topliss-reactive ketones (excluding diaryl/α,β-unsaturated/α-hetero) is 1. The molecule has 7 nitrogen and oxygen atoms in total. The summed E-state index contributed by atoms with van der Waals surface area (Å²) in [5.74, 6) is -0.753. The van der Waals surface area contributed by atoms with E-state index in [0.29, 0.717) is 13.2 Å². The molecule has 2 heterocycles. The number of ketones is 1. The van der Waals surface area contributed by atoms with Crippen molar-refractivity contribution in [2.75, 3.05) is 33.5 Å². The Labute approximate surface area is 187 Å². The Morgan fingerprint density at radius 1 is 1.26 bits per heavy atom. The van der Waals surface area contributed by atoms with Crippen LogP contribution in [0.3, 0.4) is 0 Å². The summed E-state index contributed by atoms with van der Waals surface area (Å²) in [6, 6.07) is 2.55. The molecule has 2 aliphatic heterocycles. The molecule has 0 N–H and O–H groups in total. The summed E-state index contributed by atoms with van der Waals surface area (Å²) >= 11 is 12.1. The number of benzene rings is 1. The van der Waals surface area contributed by atoms with Gasteiger partial charge >= 0.3 is 6.61 Å². The summed E-state index contributed by atoms with van der Waals surface area (Å²) in [7, 11) is 1.33. The minimum atomic E-state index is -3.08. The van der Waals surface area contributed by atoms with Gasteiger partial charge in [-0.05, 0) is 17.7 Å². The van der Waals surface area contributed by atoms with E-state index in [1.807, 2.05) is 0 Å². The Morgan fingerprint density at radius 2 is 1.94 bits per heavy atom. The Balaban J connectivity index is 1.96. The third-order valence-electron chi connectivity index (χ3n) is 4.68. The third-order valence-corrected chi connectivity index (χ3v) is 5.23. The normalized spacial score (nSPS) is 17.7. The van der Waals surface area contributed by atoms with Crippen LogP contribution < -0.4 is 14.2 Å². The van der Waals surface area contributed by atoms with Gasteiger partial charge in [-0.1, -0.05) is 34.9 Å². The first kappa shape index (κ1) is 23.3. The fraction of sp³-hybridized carbons (Fsp3) is 0.400. The number of nitrogens with zero attached hydrogens (tertiary/aromatic N) is 1. The topological polar surface area (TPSA) is 75.6 Å². The van der Waals surface area contributed by atoms with Crippen LogP contribution in [-0.2, 0) is 9.57 Å². The molecule has 0 unspecified atom stereocenters. The number of allylic oxidation sites excluding steroid dienone is 3. The van der Waals surface area contributed by atoms with Gasteiger partial charge < -0.3 is 23.8 Å². The Kier molecular flexibility index (Phi) is 7.40. The van der Waals surface area contributed by atoms with Gasteiger partial charge in [0.1, 0.15) is 20.3 Å². The number of carbonyl (C=O) groups is 1. The van der Waals surface area contributed by atoms with E-state index in [2.05, 4.69) is 21.3 Å². The first-order valence-electron chi connectivity index (χ1n) is 9.04. The van der Waals surface area contributed by atoms with Crippen molar-refractivity contribution in [2.45, 2.75) is 13.0 Å². The average Bonchev–Trinajstić information content (AvgIpc) is 2.90. The van der Waals surface area contributed by atoms with E-state index in [-0.39, 0.29) is 58.1 Å². The zero-order valence-electron chi connectivity index (χ0n) is 16.5. The summed E-state index contributed by atoms with van der Waals surface area (Å²) < 4.78 is 47.1. The van der Waals surface area contributed by atoms with Crippen molar-refractivity contribution in [3.05, 3.63) is 39.9 Å². The molecule has 168 valence electrons. The molecule has 2 aliphatic rings. The first-order chi connectivity index (χ1) is 14.8. The van der Waals surface area contributed by atoms with Crippen LogP contribution in [0.4, 0.5) is 8.78 Å². The molecule has 1 spiro atoms. The second kappa shape index (κ2) is 9.84. The van der Waals surface area contributed by atoms with Gasteiger partial charge in [-0.25, -0.2) is 0 Å². The van der Waals surface area contributed by atoms with Gasteiger partial charge in [0.05, 0.1) is 35.4 Å². The quantitative estimate of drug-likeness (QED) is 0.237. The lowest BCUT2D eigenvalue weighted by molar-refractivity contribution is -0.143. The van der Waals surface area contributed by atoms with Gasteiger partial charge in [0.15, 0.2) is 17.3 Å². The SMILES string of the molecule is C=C(Cl)/C(CC(=O)c1ccc(OC(F)F)c2c1OCC1(COC1)CO2)=C(Cl)\C=N\OC. The highest BCUT2D eigenvalue weighted by Crippen LogP contribution is 2.46. The third kappa shape index (κ3) is 5.28. The number of halogens is 4. The number of rotatable bonds is 8. The molecule has 0 bridgehead atoms. The lowest BCUT2D eigenvalue weighted by atomic mass is 9.88. The molecule has 0 radical (unpaired) electrons. The van der Waals surface area contributed by atoms with E-state index in [4.69, 9.17) is 37.4 Å². The van der Waals surface area contributed by atoms with Crippen LogP contribution >= 0.6 is 23.2 Å². The van der Waals surface area contributed by atoms with Crippen molar-refractivity contribution in [1.29, 1.82) is 0 Å². The van der Waals surface area contributed by atoms with Crippen molar-refractivity contribution in [2.24, 2.45) is 10.6 Å². The molecule has 31 heavy (non-hydrogen) atoms. The number of ether oxygens (including phenoxy) is 4. The molecule has 1 aromatic rings. The molecule has 1 fully saturated rings. The summed E-state index contributed by atoms with van der Waals surface area (Å²) in [6.07, 6.45) is 0.924. The molecular weight excluding hydrogens is 459 g/mol. The smallest absolute Gasteiger partial charge is 0.387 e. The molecule has 11 heteroatoms. The minimum Gasteiger partial charge on any atom is -0.488 e. The fourth-order valence-corrected chi connectivity index (χ4v) is 3.46. The van der Waals surface area contributed by atoms with E-state index < -0.39 is 17.8 Å². The Hall–Kier alpha value is -2.36. The predicted octanol–water partition coefficient (Wildman–Crippen LogP) is 4.53. The Morgan fingerprint density at radius 3 is 2.48 bits per heavy atom. The summed E-state index contributed by atoms with van der Waals surface area (Å²) in [6.45, 7) is 1.67. The largest absolute Gasteiger partial charge is 0.488 e. The number of carbonyl (C=O) groups excluding carboxylic acids is 1. The number of alkyl halides is 2. The molecular formula is C20H19Cl2F2NO6. The zero-order chi connectivity index (χ0) is 22.6. The average molecular weight is 478 g/mol. The highest BCUT2D eigenvalue weighted by molar-refractivity contribution is 6.42. The van der Waals surface area contributed by atoms with E-state index in [9.17, 15) is 13.6 Å². The van der Waals surface area contributed by atoms with Gasteiger partial charge in [-0.2, -0.15) is 8.78 Å². The van der Waals surface area contributed by atoms with Gasteiger partial charge in [0.2, 0.25) is 5.75 Å². The predicted molar refractivity (Wildman–Crippen MR) is 110 cm³/mol. The van der Waals surface area contributed by atoms with E-state index >= 15 is 0 Å². The summed E-state index contributed by atoms with van der Waals surface area (Å²) in [5, 5.41) is 3.63. The van der Waals surface area contributed by atoms with Crippen LogP contribution in [0.2, 0.25) is 0 Å². The molecule has 0 aromatic heterocycles. The number of fused-ring (bicyclic) bond motifs is 1. The molecule has 3 rings (SSSR count). The fourth-order valence-electron chi connectivity index (χ4n) is 3.03. The molecule has 0 atom stereocenters. The zero-order valence-corrected chi connectivity index (χ0v) is 18.0. The molecule has 0 aliphatic carbocycles. The van der Waals surface area contributed by atoms with Crippen LogP contribution in [0.25, 0.3) is 0 Å². The number of hydrogen-bond acceptors (Lipinski definition) is 7. The standard InChI is InChI=1S/C20H19Cl2F2NO6/c1-11(21)13(14(22)6-25-27-2)5-15(26)12-3-4-16(31-19(23)24)18-17(12)29-9-20(10-30-18)7-28-8-20/h3-4,6,19H,1,5,7-10H2,2H3/b14-13+,25-6+. The first-order valence-corrected chi connectivity index (χ1v) is 9.80. The molecule has 0 saturated carbocycles. The van der Waals surface area contributed by atoms with Gasteiger partial charge in [0.25, 0.3) is 0 Å². The number of oxime groups is 1. The van der Waals surface area contributed by atoms with Crippen molar-refractivity contribution in [3.63, 3.8) is 0 Å². The highest BCUT2D eigenvalue weighted by Gasteiger charge is 2.43. The molecule has 1 aromatic carbocycles. The second-order valence-electron chi connectivity index (χ2n) is 6.97. The maximum Gasteiger partial charge on any atom is 0.387 e. The summed E-state index contributed by atoms with van der Waals surface area (Å²) in [4.78, 5) is 17.7. The molecule has 1 saturated heterocycles. The van der Waals surface area contributed by atoms with Crippen LogP contribution in [0.5, 0.6) is 17.2 Å². The van der Waals surface area contributed by atoms with Crippen molar-refractivity contribution in [1.82, 2.24) is 0 Å². The van der Waals surface area contributed by atoms with Crippen molar-refractivity contribution >= 4 is 35.2 Å². The maximum absolute atomic E-state index is 13.1. The van der Waals surface area contributed by atoms with Gasteiger partial charge in [0, 0.05) is 11.5 Å². The van der Waals surface area contributed by atoms with Crippen LogP contribution in [0.1, 0.15) is 16.8 Å². The van der Waals surface area contributed by atoms with Gasteiger partial charge in [-0.15, -0.1) is 0 Å². The van der Waals surface area contributed by atoms with Gasteiger partial charge in [-0.3, -0.25) is 4.79 Å². The summed E-state index contributed by atoms with van der Waals surface area (Å²) in [5.41, 5.74) is -0.108. The van der Waals surface area contributed by atoms with Crippen LogP contribution in [0, 0.1) is 5.41 Å². The minimum absolute atomic E-state index is 0.00754. The lowest BCUT2D eigenvalue weighted by Crippen LogP contribution is -2.50. The maximum atomic E-state index is 13.1. The van der Waals surface area contributed by atoms with Crippen LogP contribution in [-0.4, -0.2) is 52.1 Å². The van der Waals surface area contributed by atoms with Crippen LogP contribution in [0.15, 0.2) is 39.5 Å². The molecule has 0 amide bonds. The Bertz CT molecular complexity index is 930. The lowest BCUT2D eigenvalue weighted by Gasteiger charge is -2.38. The highest BCUT2D eigenvalue weighted by atomic mass is 35.5. The number of hydrogen-bond donors (Lipinski definition) is 0. The van der Waals surface area contributed by atoms with Crippen molar-refractivity contribution < 1.29 is 37.4 Å². The van der Waals surface area contributed by atoms with E-state index in [0.717, 1.165) is 0 Å². The van der Waals surface area contributed by atoms with E-state index in [1.165, 1.54) is 25.5 Å². The monoisotopic (exact) mass is 477 g/mol. The second-order valence-corrected chi connectivity index (χ2v) is 7.83. The van der Waals surface area contributed by atoms with Crippen molar-refractivity contribution in [3.8, 4) is 17.2 Å². The van der Waals surface area contributed by atoms with E-state index in [1.54, 1.807) is 0 Å².